The number of benzene rings is 1. The number of hydrogen-bond acceptors (Lipinski definition) is 5. The Labute approximate surface area is 152 Å². The van der Waals surface area contributed by atoms with Crippen LogP contribution in [0, 0.1) is 0 Å². The Hall–Kier alpha value is -2.25. The third kappa shape index (κ3) is 2.91. The van der Waals surface area contributed by atoms with E-state index in [1.54, 1.807) is 4.90 Å². The first-order chi connectivity index (χ1) is 12.4. The van der Waals surface area contributed by atoms with E-state index in [9.17, 15) is 14.4 Å². The van der Waals surface area contributed by atoms with Crippen LogP contribution in [0.25, 0.3) is 0 Å². The Morgan fingerprint density at radius 2 is 2.04 bits per heavy atom. The molecule has 26 heavy (non-hydrogen) atoms. The van der Waals surface area contributed by atoms with Gasteiger partial charge in [-0.25, -0.2) is 0 Å². The molecular weight excluding hydrogens is 332 g/mol. The van der Waals surface area contributed by atoms with Gasteiger partial charge in [-0.15, -0.1) is 0 Å². The van der Waals surface area contributed by atoms with Gasteiger partial charge in [-0.1, -0.05) is 18.2 Å². The van der Waals surface area contributed by atoms with Crippen molar-refractivity contribution in [3.63, 3.8) is 0 Å². The van der Waals surface area contributed by atoms with Crippen LogP contribution in [0.3, 0.4) is 0 Å². The lowest BCUT2D eigenvalue weighted by Gasteiger charge is -2.39. The molecule has 3 aliphatic rings. The number of nitrogens with two attached hydrogens (primary N) is 1. The molecule has 1 aromatic rings. The summed E-state index contributed by atoms with van der Waals surface area (Å²) in [4.78, 5) is 40.5. The van der Waals surface area contributed by atoms with Crippen LogP contribution in [0.4, 0.5) is 0 Å². The maximum atomic E-state index is 13.1. The zero-order chi connectivity index (χ0) is 18.4. The van der Waals surface area contributed by atoms with Crippen LogP contribution in [0.5, 0.6) is 0 Å². The smallest absolute Gasteiger partial charge is 0.255 e. The monoisotopic (exact) mass is 356 g/mol. The minimum Gasteiger partial charge on any atom is -0.328 e. The van der Waals surface area contributed by atoms with E-state index in [1.165, 1.54) is 0 Å². The Balaban J connectivity index is 1.53. The van der Waals surface area contributed by atoms with Crippen molar-refractivity contribution < 1.29 is 14.4 Å². The van der Waals surface area contributed by atoms with Crippen LogP contribution in [0.2, 0.25) is 0 Å². The number of fused-ring (bicyclic) bond motifs is 1. The minimum absolute atomic E-state index is 0.108. The first-order valence-electron chi connectivity index (χ1n) is 9.15. The number of imide groups is 1. The number of rotatable bonds is 4. The molecule has 0 spiro atoms. The summed E-state index contributed by atoms with van der Waals surface area (Å²) in [5.41, 5.74) is 8.55. The number of amides is 3. The normalized spacial score (nSPS) is 28.2. The van der Waals surface area contributed by atoms with E-state index in [0.717, 1.165) is 24.0 Å². The summed E-state index contributed by atoms with van der Waals surface area (Å²) >= 11 is 0. The molecule has 3 amide bonds. The summed E-state index contributed by atoms with van der Waals surface area (Å²) in [6.07, 6.45) is 2.64. The Bertz CT molecular complexity index is 772. The van der Waals surface area contributed by atoms with Crippen LogP contribution in [0.1, 0.15) is 47.2 Å². The zero-order valence-electron chi connectivity index (χ0n) is 14.9. The van der Waals surface area contributed by atoms with Crippen molar-refractivity contribution >= 4 is 17.7 Å². The van der Waals surface area contributed by atoms with Gasteiger partial charge in [0.2, 0.25) is 11.8 Å². The molecule has 1 unspecified atom stereocenters. The van der Waals surface area contributed by atoms with Crippen LogP contribution in [-0.2, 0) is 22.7 Å². The molecule has 0 radical (unpaired) electrons. The maximum absolute atomic E-state index is 13.1. The highest BCUT2D eigenvalue weighted by molar-refractivity contribution is 6.05. The topological polar surface area (TPSA) is 95.7 Å². The highest BCUT2D eigenvalue weighted by Crippen LogP contribution is 2.31. The molecule has 138 valence electrons. The molecule has 2 heterocycles. The fraction of sp³-hybridized carbons (Fsp3) is 0.526. The van der Waals surface area contributed by atoms with Gasteiger partial charge in [0, 0.05) is 37.2 Å². The largest absolute Gasteiger partial charge is 0.328 e. The molecule has 2 aliphatic heterocycles. The number of nitrogens with zero attached hydrogens (tertiary/aromatic N) is 2. The van der Waals surface area contributed by atoms with Crippen molar-refractivity contribution in [2.45, 2.75) is 56.9 Å². The van der Waals surface area contributed by atoms with Gasteiger partial charge in [-0.2, -0.15) is 0 Å². The van der Waals surface area contributed by atoms with Crippen LogP contribution in [-0.4, -0.2) is 52.7 Å². The van der Waals surface area contributed by atoms with E-state index >= 15 is 0 Å². The molecule has 7 nitrogen and oxygen atoms in total. The first-order valence-corrected chi connectivity index (χ1v) is 9.15. The average molecular weight is 356 g/mol. The second-order valence-corrected chi connectivity index (χ2v) is 7.65. The summed E-state index contributed by atoms with van der Waals surface area (Å²) < 4.78 is 0. The van der Waals surface area contributed by atoms with Crippen molar-refractivity contribution in [1.82, 2.24) is 15.1 Å². The molecule has 1 atom stereocenters. The van der Waals surface area contributed by atoms with Crippen LogP contribution < -0.4 is 11.1 Å². The Kier molecular flexibility index (Phi) is 4.28. The minimum atomic E-state index is -0.567. The third-order valence-corrected chi connectivity index (χ3v) is 5.83. The van der Waals surface area contributed by atoms with E-state index < -0.39 is 6.04 Å². The van der Waals surface area contributed by atoms with Gasteiger partial charge >= 0.3 is 0 Å². The molecule has 1 saturated heterocycles. The number of piperidine rings is 1. The Morgan fingerprint density at radius 3 is 2.73 bits per heavy atom. The molecule has 0 aromatic heterocycles. The van der Waals surface area contributed by atoms with Gasteiger partial charge in [-0.05, 0) is 37.4 Å². The van der Waals surface area contributed by atoms with E-state index in [2.05, 4.69) is 17.3 Å². The molecule has 4 rings (SSSR count). The van der Waals surface area contributed by atoms with Gasteiger partial charge < -0.3 is 10.6 Å². The molecular formula is C19H24N4O3. The van der Waals surface area contributed by atoms with E-state index in [-0.39, 0.29) is 30.2 Å². The fourth-order valence-corrected chi connectivity index (χ4v) is 4.21. The first kappa shape index (κ1) is 17.2. The summed E-state index contributed by atoms with van der Waals surface area (Å²) in [6, 6.07) is 6.08. The van der Waals surface area contributed by atoms with Crippen LogP contribution in [0.15, 0.2) is 18.2 Å². The SMILES string of the molecule is CN(Cc1cccc2c1C(=O)N(C1CCC(=O)NC1=O)C2)C1CC(N)C1. The number of hydrogen-bond donors (Lipinski definition) is 2. The second kappa shape index (κ2) is 6.48. The van der Waals surface area contributed by atoms with Crippen molar-refractivity contribution in [2.75, 3.05) is 7.05 Å². The molecule has 1 saturated carbocycles. The third-order valence-electron chi connectivity index (χ3n) is 5.83. The van der Waals surface area contributed by atoms with Gasteiger partial charge in [-0.3, -0.25) is 24.6 Å². The highest BCUT2D eigenvalue weighted by atomic mass is 16.2. The predicted octanol–water partition coefficient (Wildman–Crippen LogP) is 0.369. The number of carbonyl (C=O) groups excluding carboxylic acids is 3. The second-order valence-electron chi connectivity index (χ2n) is 7.65. The Morgan fingerprint density at radius 1 is 1.27 bits per heavy atom. The van der Waals surface area contributed by atoms with E-state index in [1.807, 2.05) is 18.2 Å². The summed E-state index contributed by atoms with van der Waals surface area (Å²) in [5, 5.41) is 2.34. The summed E-state index contributed by atoms with van der Waals surface area (Å²) in [6.45, 7) is 1.11. The van der Waals surface area contributed by atoms with Gasteiger partial charge in [0.25, 0.3) is 5.91 Å². The molecule has 7 heteroatoms. The van der Waals surface area contributed by atoms with Gasteiger partial charge in [0.05, 0.1) is 0 Å². The number of carbonyl (C=O) groups is 3. The van der Waals surface area contributed by atoms with Crippen molar-refractivity contribution in [1.29, 1.82) is 0 Å². The van der Waals surface area contributed by atoms with E-state index in [0.29, 0.717) is 31.1 Å². The summed E-state index contributed by atoms with van der Waals surface area (Å²) in [7, 11) is 2.06. The van der Waals surface area contributed by atoms with Crippen molar-refractivity contribution in [3.05, 3.63) is 34.9 Å². The lowest BCUT2D eigenvalue weighted by Crippen LogP contribution is -2.52. The van der Waals surface area contributed by atoms with Crippen molar-refractivity contribution in [3.8, 4) is 0 Å². The summed E-state index contributed by atoms with van der Waals surface area (Å²) in [5.74, 6) is -0.746. The molecule has 0 bridgehead atoms. The number of nitrogens with one attached hydrogen (secondary N) is 1. The highest BCUT2D eigenvalue weighted by Gasteiger charge is 2.40. The van der Waals surface area contributed by atoms with Crippen LogP contribution >= 0.6 is 0 Å². The lowest BCUT2D eigenvalue weighted by molar-refractivity contribution is -0.136. The molecule has 1 aliphatic carbocycles. The molecule has 2 fully saturated rings. The van der Waals surface area contributed by atoms with E-state index in [4.69, 9.17) is 5.73 Å². The lowest BCUT2D eigenvalue weighted by atomic mass is 9.86. The van der Waals surface area contributed by atoms with Crippen molar-refractivity contribution in [2.24, 2.45) is 5.73 Å². The standard InChI is InChI=1S/C19H24N4O3/c1-22(14-7-13(20)8-14)9-11-3-2-4-12-10-23(19(26)17(11)12)15-5-6-16(24)21-18(15)25/h2-4,13-15H,5-10,20H2,1H3,(H,21,24,25). The maximum Gasteiger partial charge on any atom is 0.255 e. The zero-order valence-corrected chi connectivity index (χ0v) is 14.9. The average Bonchev–Trinajstić information content (AvgIpc) is 2.90. The fourth-order valence-electron chi connectivity index (χ4n) is 4.21. The molecule has 1 aromatic carbocycles. The predicted molar refractivity (Wildman–Crippen MR) is 95.0 cm³/mol. The molecule has 3 N–H and O–H groups in total. The van der Waals surface area contributed by atoms with Gasteiger partial charge in [0.15, 0.2) is 0 Å². The van der Waals surface area contributed by atoms with Gasteiger partial charge in [0.1, 0.15) is 6.04 Å². The quantitative estimate of drug-likeness (QED) is 0.760.